The summed E-state index contributed by atoms with van der Waals surface area (Å²) in [5, 5.41) is 17.7. The number of nitrogens with one attached hydrogen (secondary N) is 2. The standard InChI is InChI=1S/C24H23BrN2O2/c1-15-3-5-16(6-4-15)21-14-22(20-13-18(25)9-12-23(20)28)27-24(26-21)17-7-10-19(29-2)11-8-17/h3-14,22,24,26-28H,1-2H3. The summed E-state index contributed by atoms with van der Waals surface area (Å²) < 4.78 is 6.21. The molecule has 5 heteroatoms. The number of methoxy groups -OCH3 is 1. The molecule has 3 aromatic rings. The fourth-order valence-corrected chi connectivity index (χ4v) is 3.86. The van der Waals surface area contributed by atoms with E-state index in [0.29, 0.717) is 0 Å². The molecule has 0 spiro atoms. The van der Waals surface area contributed by atoms with E-state index in [4.69, 9.17) is 4.74 Å². The van der Waals surface area contributed by atoms with Crippen molar-refractivity contribution in [2.45, 2.75) is 19.1 Å². The zero-order chi connectivity index (χ0) is 20.4. The van der Waals surface area contributed by atoms with Gasteiger partial charge in [-0.2, -0.15) is 0 Å². The maximum Gasteiger partial charge on any atom is 0.120 e. The van der Waals surface area contributed by atoms with Crippen LogP contribution in [0, 0.1) is 6.92 Å². The van der Waals surface area contributed by atoms with E-state index in [1.54, 1.807) is 13.2 Å². The first-order valence-corrected chi connectivity index (χ1v) is 10.3. The van der Waals surface area contributed by atoms with Crippen LogP contribution in [-0.2, 0) is 0 Å². The van der Waals surface area contributed by atoms with Crippen LogP contribution in [0.2, 0.25) is 0 Å². The lowest BCUT2D eigenvalue weighted by molar-refractivity contribution is 0.410. The number of hydrogen-bond donors (Lipinski definition) is 3. The van der Waals surface area contributed by atoms with Crippen molar-refractivity contribution in [3.63, 3.8) is 0 Å². The number of ether oxygens (including phenoxy) is 1. The lowest BCUT2D eigenvalue weighted by Crippen LogP contribution is -2.39. The molecule has 0 saturated carbocycles. The summed E-state index contributed by atoms with van der Waals surface area (Å²) >= 11 is 3.52. The molecule has 1 aliphatic rings. The summed E-state index contributed by atoms with van der Waals surface area (Å²) in [4.78, 5) is 0. The van der Waals surface area contributed by atoms with Gasteiger partial charge in [-0.15, -0.1) is 0 Å². The Kier molecular flexibility index (Phi) is 5.60. The van der Waals surface area contributed by atoms with Gasteiger partial charge in [0.05, 0.1) is 13.2 Å². The number of phenols is 1. The highest BCUT2D eigenvalue weighted by molar-refractivity contribution is 9.10. The van der Waals surface area contributed by atoms with Gasteiger partial charge in [0.1, 0.15) is 17.7 Å². The minimum absolute atomic E-state index is 0.120. The van der Waals surface area contributed by atoms with Crippen molar-refractivity contribution in [3.05, 3.63) is 99.5 Å². The maximum atomic E-state index is 10.5. The summed E-state index contributed by atoms with van der Waals surface area (Å²) in [6.07, 6.45) is 2.00. The van der Waals surface area contributed by atoms with Crippen molar-refractivity contribution in [1.29, 1.82) is 0 Å². The van der Waals surface area contributed by atoms with Crippen molar-refractivity contribution in [3.8, 4) is 11.5 Å². The lowest BCUT2D eigenvalue weighted by atomic mass is 9.97. The largest absolute Gasteiger partial charge is 0.508 e. The lowest BCUT2D eigenvalue weighted by Gasteiger charge is -2.33. The summed E-state index contributed by atoms with van der Waals surface area (Å²) in [5.41, 5.74) is 5.26. The van der Waals surface area contributed by atoms with Crippen molar-refractivity contribution < 1.29 is 9.84 Å². The molecule has 1 heterocycles. The third kappa shape index (κ3) is 4.31. The number of hydrogen-bond acceptors (Lipinski definition) is 4. The summed E-state index contributed by atoms with van der Waals surface area (Å²) in [5.74, 6) is 1.08. The molecule has 4 rings (SSSR count). The van der Waals surface area contributed by atoms with Crippen molar-refractivity contribution in [1.82, 2.24) is 10.6 Å². The average Bonchev–Trinajstić information content (AvgIpc) is 2.75. The first-order valence-electron chi connectivity index (χ1n) is 9.47. The number of rotatable bonds is 4. The molecular formula is C24H23BrN2O2. The number of aryl methyl sites for hydroxylation is 1. The van der Waals surface area contributed by atoms with Crippen LogP contribution in [0.1, 0.15) is 34.5 Å². The van der Waals surface area contributed by atoms with Gasteiger partial charge in [-0.3, -0.25) is 5.32 Å². The SMILES string of the molecule is COc1ccc(C2NC(c3ccc(C)cc3)=CC(c3cc(Br)ccc3O)N2)cc1. The van der Waals surface area contributed by atoms with Crippen LogP contribution in [0.3, 0.4) is 0 Å². The predicted molar refractivity (Wildman–Crippen MR) is 120 cm³/mol. The Labute approximate surface area is 179 Å². The van der Waals surface area contributed by atoms with Gasteiger partial charge < -0.3 is 15.2 Å². The monoisotopic (exact) mass is 450 g/mol. The quantitative estimate of drug-likeness (QED) is 0.494. The van der Waals surface area contributed by atoms with Gasteiger partial charge in [0.15, 0.2) is 0 Å². The van der Waals surface area contributed by atoms with Crippen LogP contribution in [0.5, 0.6) is 11.5 Å². The third-order valence-electron chi connectivity index (χ3n) is 5.12. The molecule has 4 nitrogen and oxygen atoms in total. The van der Waals surface area contributed by atoms with Crippen molar-refractivity contribution in [2.75, 3.05) is 7.11 Å². The highest BCUT2D eigenvalue weighted by Crippen LogP contribution is 2.35. The van der Waals surface area contributed by atoms with E-state index >= 15 is 0 Å². The number of phenolic OH excluding ortho intramolecular Hbond substituents is 1. The molecule has 3 N–H and O–H groups in total. The molecule has 0 saturated heterocycles. The Morgan fingerprint density at radius 2 is 1.69 bits per heavy atom. The molecular weight excluding hydrogens is 428 g/mol. The van der Waals surface area contributed by atoms with E-state index in [1.807, 2.05) is 36.4 Å². The highest BCUT2D eigenvalue weighted by atomic mass is 79.9. The molecule has 0 radical (unpaired) electrons. The molecule has 0 aromatic heterocycles. The van der Waals surface area contributed by atoms with Crippen LogP contribution in [-0.4, -0.2) is 12.2 Å². The second-order valence-electron chi connectivity index (χ2n) is 7.14. The van der Waals surface area contributed by atoms with Crippen molar-refractivity contribution in [2.24, 2.45) is 0 Å². The predicted octanol–water partition coefficient (Wildman–Crippen LogP) is 5.45. The minimum Gasteiger partial charge on any atom is -0.508 e. The second-order valence-corrected chi connectivity index (χ2v) is 8.06. The van der Waals surface area contributed by atoms with E-state index in [1.165, 1.54) is 5.56 Å². The van der Waals surface area contributed by atoms with Crippen molar-refractivity contribution >= 4 is 21.6 Å². The zero-order valence-electron chi connectivity index (χ0n) is 16.3. The first kappa shape index (κ1) is 19.6. The first-order chi connectivity index (χ1) is 14.0. The van der Waals surface area contributed by atoms with E-state index in [9.17, 15) is 5.11 Å². The van der Waals surface area contributed by atoms with Gasteiger partial charge in [-0.05, 0) is 54.5 Å². The topological polar surface area (TPSA) is 53.5 Å². The second kappa shape index (κ2) is 8.31. The molecule has 0 fully saturated rings. The Bertz CT molecular complexity index is 1030. The summed E-state index contributed by atoms with van der Waals surface area (Å²) in [6, 6.07) is 21.8. The summed E-state index contributed by atoms with van der Waals surface area (Å²) in [7, 11) is 1.66. The smallest absolute Gasteiger partial charge is 0.120 e. The van der Waals surface area contributed by atoms with Gasteiger partial charge in [-0.25, -0.2) is 0 Å². The van der Waals surface area contributed by atoms with E-state index in [0.717, 1.165) is 32.6 Å². The Hall–Kier alpha value is -2.76. The van der Waals surface area contributed by atoms with E-state index in [2.05, 4.69) is 63.8 Å². The molecule has 2 unspecified atom stereocenters. The average molecular weight is 451 g/mol. The van der Waals surface area contributed by atoms with Gasteiger partial charge in [0.2, 0.25) is 0 Å². The fourth-order valence-electron chi connectivity index (χ4n) is 3.48. The fraction of sp³-hybridized carbons (Fsp3) is 0.167. The molecule has 0 amide bonds. The van der Waals surface area contributed by atoms with Gasteiger partial charge in [0, 0.05) is 15.7 Å². The maximum absolute atomic E-state index is 10.5. The third-order valence-corrected chi connectivity index (χ3v) is 5.61. The number of benzene rings is 3. The Morgan fingerprint density at radius 1 is 0.966 bits per heavy atom. The minimum atomic E-state index is -0.155. The van der Waals surface area contributed by atoms with E-state index in [-0.39, 0.29) is 18.0 Å². The number of aromatic hydroxyl groups is 1. The molecule has 29 heavy (non-hydrogen) atoms. The molecule has 3 aromatic carbocycles. The zero-order valence-corrected chi connectivity index (χ0v) is 17.9. The van der Waals surface area contributed by atoms with Crippen LogP contribution < -0.4 is 15.4 Å². The van der Waals surface area contributed by atoms with Crippen LogP contribution >= 0.6 is 15.9 Å². The Morgan fingerprint density at radius 3 is 2.38 bits per heavy atom. The van der Waals surface area contributed by atoms with Gasteiger partial charge in [0.25, 0.3) is 0 Å². The molecule has 1 aliphatic heterocycles. The van der Waals surface area contributed by atoms with Crippen LogP contribution in [0.4, 0.5) is 0 Å². The van der Waals surface area contributed by atoms with Gasteiger partial charge in [-0.1, -0.05) is 57.9 Å². The molecule has 2 atom stereocenters. The van der Waals surface area contributed by atoms with Gasteiger partial charge >= 0.3 is 0 Å². The molecule has 0 bridgehead atoms. The Balaban J connectivity index is 1.75. The number of halogens is 1. The van der Waals surface area contributed by atoms with Crippen LogP contribution in [0.25, 0.3) is 5.70 Å². The normalized spacial score (nSPS) is 18.7. The van der Waals surface area contributed by atoms with E-state index < -0.39 is 0 Å². The van der Waals surface area contributed by atoms with Crippen LogP contribution in [0.15, 0.2) is 77.3 Å². The molecule has 148 valence electrons. The highest BCUT2D eigenvalue weighted by Gasteiger charge is 2.25. The summed E-state index contributed by atoms with van der Waals surface area (Å²) in [6.45, 7) is 2.08. The molecule has 0 aliphatic carbocycles.